The van der Waals surface area contributed by atoms with Crippen LogP contribution in [0, 0.1) is 10.1 Å². The van der Waals surface area contributed by atoms with Crippen molar-refractivity contribution in [3.05, 3.63) is 76.3 Å². The molecular formula is C22H14N5O3-. The molecule has 0 aliphatic carbocycles. The van der Waals surface area contributed by atoms with Crippen molar-refractivity contribution in [1.29, 1.82) is 0 Å². The summed E-state index contributed by atoms with van der Waals surface area (Å²) in [4.78, 5) is 24.3. The molecule has 8 heteroatoms. The molecule has 0 bridgehead atoms. The Bertz CT molecular complexity index is 1500. The van der Waals surface area contributed by atoms with Crippen molar-refractivity contribution in [3.8, 4) is 5.75 Å². The van der Waals surface area contributed by atoms with Crippen LogP contribution in [0.1, 0.15) is 5.56 Å². The lowest BCUT2D eigenvalue weighted by Gasteiger charge is -2.08. The van der Waals surface area contributed by atoms with Crippen LogP contribution in [0.5, 0.6) is 5.75 Å². The van der Waals surface area contributed by atoms with E-state index in [1.54, 1.807) is 0 Å². The van der Waals surface area contributed by atoms with Gasteiger partial charge in [-0.25, -0.2) is 9.97 Å². The zero-order valence-corrected chi connectivity index (χ0v) is 15.8. The number of fused-ring (bicyclic) bond motifs is 4. The molecule has 0 spiro atoms. The fourth-order valence-corrected chi connectivity index (χ4v) is 3.50. The number of aryl methyl sites for hydroxylation is 1. The van der Waals surface area contributed by atoms with Crippen molar-refractivity contribution in [2.24, 2.45) is 12.0 Å². The number of aliphatic imine (C=N–C) groups is 1. The molecule has 5 rings (SSSR count). The van der Waals surface area contributed by atoms with E-state index in [4.69, 9.17) is 9.97 Å². The summed E-state index contributed by atoms with van der Waals surface area (Å²) >= 11 is 0. The van der Waals surface area contributed by atoms with Gasteiger partial charge in [-0.2, -0.15) is 0 Å². The van der Waals surface area contributed by atoms with E-state index in [0.29, 0.717) is 5.69 Å². The summed E-state index contributed by atoms with van der Waals surface area (Å²) < 4.78 is 1.98. The Morgan fingerprint density at radius 2 is 1.80 bits per heavy atom. The third kappa shape index (κ3) is 2.82. The summed E-state index contributed by atoms with van der Waals surface area (Å²) in [6.07, 6.45) is 1.35. The Balaban J connectivity index is 1.64. The van der Waals surface area contributed by atoms with Crippen LogP contribution in [0.15, 0.2) is 65.7 Å². The first-order valence-corrected chi connectivity index (χ1v) is 9.16. The molecule has 0 unspecified atom stereocenters. The molecule has 2 heterocycles. The van der Waals surface area contributed by atoms with Gasteiger partial charge < -0.3 is 9.67 Å². The maximum absolute atomic E-state index is 12.0. The van der Waals surface area contributed by atoms with Gasteiger partial charge in [0.05, 0.1) is 27.2 Å². The second kappa shape index (κ2) is 6.63. The number of nitro benzene ring substituents is 1. The SMILES string of the molecule is Cn1c2ccc(N=Cc3cc([N+](=O)[O-])ccc3[O-])cc2c2nc3ccccc3nc21. The standard InChI is InChI=1S/C22H15N5O3/c1-26-19-8-6-14(23-12-13-10-15(27(29)30)7-9-20(13)28)11-16(19)21-22(26)25-18-5-3-2-4-17(18)24-21/h2-12,28H,1H3/p-1. The van der Waals surface area contributed by atoms with Crippen LogP contribution >= 0.6 is 0 Å². The normalized spacial score (nSPS) is 11.8. The van der Waals surface area contributed by atoms with Crippen LogP contribution in [0.25, 0.3) is 33.1 Å². The second-order valence-corrected chi connectivity index (χ2v) is 6.88. The Kier molecular flexibility index (Phi) is 3.92. The summed E-state index contributed by atoms with van der Waals surface area (Å²) in [5.74, 6) is -0.326. The number of rotatable bonds is 3. The Labute approximate surface area is 169 Å². The number of para-hydroxylation sites is 2. The lowest BCUT2D eigenvalue weighted by atomic mass is 10.2. The minimum absolute atomic E-state index is 0.150. The molecule has 0 aliphatic heterocycles. The number of benzene rings is 3. The molecule has 2 aromatic heterocycles. The van der Waals surface area contributed by atoms with Gasteiger partial charge in [-0.15, -0.1) is 0 Å². The van der Waals surface area contributed by atoms with E-state index in [-0.39, 0.29) is 17.0 Å². The van der Waals surface area contributed by atoms with Gasteiger partial charge in [0.25, 0.3) is 5.69 Å². The fraction of sp³-hybridized carbons (Fsp3) is 0.0455. The average molecular weight is 396 g/mol. The highest BCUT2D eigenvalue weighted by molar-refractivity contribution is 6.07. The topological polar surface area (TPSA) is 109 Å². The van der Waals surface area contributed by atoms with E-state index in [1.807, 2.05) is 54.1 Å². The first-order valence-electron chi connectivity index (χ1n) is 9.16. The van der Waals surface area contributed by atoms with Gasteiger partial charge in [0, 0.05) is 30.8 Å². The van der Waals surface area contributed by atoms with Crippen molar-refractivity contribution in [2.75, 3.05) is 0 Å². The van der Waals surface area contributed by atoms with E-state index in [9.17, 15) is 15.2 Å². The molecule has 0 saturated carbocycles. The largest absolute Gasteiger partial charge is 0.872 e. The van der Waals surface area contributed by atoms with Gasteiger partial charge >= 0.3 is 0 Å². The molecule has 0 amide bonds. The molecule has 0 fully saturated rings. The Hall–Kier alpha value is -4.33. The molecule has 30 heavy (non-hydrogen) atoms. The maximum Gasteiger partial charge on any atom is 0.270 e. The molecule has 0 aliphatic rings. The first kappa shape index (κ1) is 17.7. The van der Waals surface area contributed by atoms with Gasteiger partial charge in [-0.3, -0.25) is 15.1 Å². The van der Waals surface area contributed by atoms with Crippen LogP contribution in [-0.2, 0) is 7.05 Å². The molecule has 0 N–H and O–H groups in total. The minimum Gasteiger partial charge on any atom is -0.872 e. The predicted molar refractivity (Wildman–Crippen MR) is 113 cm³/mol. The van der Waals surface area contributed by atoms with Crippen molar-refractivity contribution in [3.63, 3.8) is 0 Å². The number of aromatic nitrogens is 3. The summed E-state index contributed by atoms with van der Waals surface area (Å²) in [5.41, 5.74) is 4.74. The summed E-state index contributed by atoms with van der Waals surface area (Å²) in [5, 5.41) is 23.8. The average Bonchev–Trinajstić information content (AvgIpc) is 3.02. The van der Waals surface area contributed by atoms with Crippen LogP contribution in [0.3, 0.4) is 0 Å². The van der Waals surface area contributed by atoms with Crippen LogP contribution in [0.2, 0.25) is 0 Å². The quantitative estimate of drug-likeness (QED) is 0.260. The number of non-ortho nitro benzene ring substituents is 1. The molecule has 8 nitrogen and oxygen atoms in total. The molecule has 3 aromatic carbocycles. The second-order valence-electron chi connectivity index (χ2n) is 6.88. The predicted octanol–water partition coefficient (Wildman–Crippen LogP) is 4.01. The van der Waals surface area contributed by atoms with Gasteiger partial charge in [0.1, 0.15) is 5.52 Å². The Morgan fingerprint density at radius 3 is 2.57 bits per heavy atom. The van der Waals surface area contributed by atoms with E-state index in [0.717, 1.165) is 33.1 Å². The van der Waals surface area contributed by atoms with Gasteiger partial charge in [-0.05, 0) is 35.9 Å². The van der Waals surface area contributed by atoms with Crippen LogP contribution < -0.4 is 5.11 Å². The van der Waals surface area contributed by atoms with Gasteiger partial charge in [0.15, 0.2) is 5.65 Å². The maximum atomic E-state index is 12.0. The van der Waals surface area contributed by atoms with E-state index < -0.39 is 4.92 Å². The zero-order valence-electron chi connectivity index (χ0n) is 15.8. The molecule has 146 valence electrons. The summed E-state index contributed by atoms with van der Waals surface area (Å²) in [7, 11) is 1.93. The van der Waals surface area contributed by atoms with Crippen molar-refractivity contribution < 1.29 is 10.0 Å². The van der Waals surface area contributed by atoms with Crippen LogP contribution in [-0.4, -0.2) is 25.7 Å². The summed E-state index contributed by atoms with van der Waals surface area (Å²) in [6.45, 7) is 0. The third-order valence-corrected chi connectivity index (χ3v) is 5.02. The van der Waals surface area contributed by atoms with Gasteiger partial charge in [-0.1, -0.05) is 23.9 Å². The molecule has 0 radical (unpaired) electrons. The molecule has 0 saturated heterocycles. The highest BCUT2D eigenvalue weighted by atomic mass is 16.6. The highest BCUT2D eigenvalue weighted by Crippen LogP contribution is 2.30. The zero-order chi connectivity index (χ0) is 20.8. The van der Waals surface area contributed by atoms with Crippen LogP contribution in [0.4, 0.5) is 11.4 Å². The van der Waals surface area contributed by atoms with E-state index >= 15 is 0 Å². The number of hydrogen-bond acceptors (Lipinski definition) is 6. The van der Waals surface area contributed by atoms with Crippen molar-refractivity contribution >= 4 is 50.7 Å². The molecule has 5 aromatic rings. The number of nitrogens with zero attached hydrogens (tertiary/aromatic N) is 5. The fourth-order valence-electron chi connectivity index (χ4n) is 3.50. The van der Waals surface area contributed by atoms with E-state index in [2.05, 4.69) is 4.99 Å². The Morgan fingerprint density at radius 1 is 1.03 bits per heavy atom. The highest BCUT2D eigenvalue weighted by Gasteiger charge is 2.13. The smallest absolute Gasteiger partial charge is 0.270 e. The third-order valence-electron chi connectivity index (χ3n) is 5.02. The molecule has 0 atom stereocenters. The first-order chi connectivity index (χ1) is 14.5. The van der Waals surface area contributed by atoms with Gasteiger partial charge in [0.2, 0.25) is 0 Å². The van der Waals surface area contributed by atoms with Crippen molar-refractivity contribution in [1.82, 2.24) is 14.5 Å². The lowest BCUT2D eigenvalue weighted by molar-refractivity contribution is -0.385. The van der Waals surface area contributed by atoms with Crippen molar-refractivity contribution in [2.45, 2.75) is 0 Å². The molecular weight excluding hydrogens is 382 g/mol. The number of nitro groups is 1. The number of hydrogen-bond donors (Lipinski definition) is 0. The summed E-state index contributed by atoms with van der Waals surface area (Å²) in [6, 6.07) is 16.9. The monoisotopic (exact) mass is 396 g/mol. The minimum atomic E-state index is -0.540. The van der Waals surface area contributed by atoms with E-state index in [1.165, 1.54) is 24.4 Å². The lowest BCUT2D eigenvalue weighted by Crippen LogP contribution is -1.98.